The molecule has 4 atom stereocenters. The first kappa shape index (κ1) is 53.1. The van der Waals surface area contributed by atoms with Crippen molar-refractivity contribution in [3.05, 3.63) is 105 Å². The minimum atomic E-state index is -0.858. The van der Waals surface area contributed by atoms with Crippen LogP contribution in [-0.2, 0) is 20.8 Å². The van der Waals surface area contributed by atoms with Crippen LogP contribution < -0.4 is 20.7 Å². The van der Waals surface area contributed by atoms with Crippen LogP contribution in [0.4, 0.5) is 0 Å². The quantitative estimate of drug-likeness (QED) is 0.0633. The predicted molar refractivity (Wildman–Crippen MR) is 273 cm³/mol. The number of β-amino-alcohol motifs (C(OH)–C–C–N with tert-alkyl or cyclic N) is 1. The molecule has 2 fully saturated rings. The molecular weight excluding hydrogens is 908 g/mol. The summed E-state index contributed by atoms with van der Waals surface area (Å²) in [5, 5.41) is 29.5. The van der Waals surface area contributed by atoms with E-state index in [1.807, 2.05) is 88.7 Å². The van der Waals surface area contributed by atoms with Gasteiger partial charge in [-0.15, -0.1) is 11.3 Å². The Morgan fingerprint density at radius 1 is 0.928 bits per heavy atom. The van der Waals surface area contributed by atoms with Crippen molar-refractivity contribution in [3.63, 3.8) is 0 Å². The summed E-state index contributed by atoms with van der Waals surface area (Å²) in [5.41, 5.74) is 5.66. The van der Waals surface area contributed by atoms with Crippen LogP contribution >= 0.6 is 22.9 Å². The lowest BCUT2D eigenvalue weighted by Gasteiger charge is -2.63. The van der Waals surface area contributed by atoms with Crippen molar-refractivity contribution in [2.75, 3.05) is 6.54 Å². The summed E-state index contributed by atoms with van der Waals surface area (Å²) in [4.78, 5) is 61.3. The number of hydrogen-bond donors (Lipinski definition) is 4. The number of benzene rings is 3. The highest BCUT2D eigenvalue weighted by Crippen LogP contribution is 2.55. The maximum atomic E-state index is 14.1. The fraction of sp³-hybridized carbons (Fsp3) is 0.527. The average Bonchev–Trinajstić information content (AvgIpc) is 3.93. The van der Waals surface area contributed by atoms with Gasteiger partial charge in [-0.05, 0) is 79.5 Å². The van der Waals surface area contributed by atoms with Gasteiger partial charge in [0.1, 0.15) is 30.0 Å². The second-order valence-corrected chi connectivity index (χ2v) is 22.6. The minimum absolute atomic E-state index is 0.0266. The van der Waals surface area contributed by atoms with Crippen LogP contribution in [0.1, 0.15) is 152 Å². The fourth-order valence-electron chi connectivity index (χ4n) is 10.4. The average molecular weight is 980 g/mol. The van der Waals surface area contributed by atoms with Gasteiger partial charge in [0, 0.05) is 47.9 Å². The Balaban J connectivity index is 0.870. The summed E-state index contributed by atoms with van der Waals surface area (Å²) >= 11 is 7.83. The van der Waals surface area contributed by atoms with E-state index in [0.717, 1.165) is 66.6 Å². The van der Waals surface area contributed by atoms with Crippen LogP contribution in [0.25, 0.3) is 10.4 Å². The number of likely N-dealkylation sites (tertiary alicyclic amines) is 1. The molecule has 1 aliphatic carbocycles. The zero-order chi connectivity index (χ0) is 50.3. The van der Waals surface area contributed by atoms with E-state index >= 15 is 0 Å². The van der Waals surface area contributed by atoms with E-state index in [1.54, 1.807) is 29.5 Å². The molecule has 1 aliphatic heterocycles. The Morgan fingerprint density at radius 3 is 2.16 bits per heavy atom. The molecule has 1 aromatic heterocycles. The number of carbonyl (C=O) groups is 4. The molecule has 2 aliphatic rings. The molecule has 69 heavy (non-hydrogen) atoms. The zero-order valence-corrected chi connectivity index (χ0v) is 43.4. The van der Waals surface area contributed by atoms with Crippen molar-refractivity contribution in [2.24, 2.45) is 16.2 Å². The van der Waals surface area contributed by atoms with Crippen molar-refractivity contribution >= 4 is 46.6 Å². The van der Waals surface area contributed by atoms with Gasteiger partial charge in [-0.1, -0.05) is 129 Å². The van der Waals surface area contributed by atoms with E-state index in [2.05, 4.69) is 54.7 Å². The van der Waals surface area contributed by atoms with Crippen molar-refractivity contribution in [2.45, 2.75) is 163 Å². The van der Waals surface area contributed by atoms with Gasteiger partial charge in [0.2, 0.25) is 17.7 Å². The molecule has 12 nitrogen and oxygen atoms in total. The van der Waals surface area contributed by atoms with Gasteiger partial charge < -0.3 is 30.7 Å². The van der Waals surface area contributed by atoms with Gasteiger partial charge in [-0.3, -0.25) is 19.2 Å². The molecule has 370 valence electrons. The van der Waals surface area contributed by atoms with Crippen LogP contribution in [0.2, 0.25) is 5.02 Å². The van der Waals surface area contributed by atoms with Crippen LogP contribution in [0.5, 0.6) is 5.75 Å². The number of ether oxygens (including phenoxy) is 1. The number of halogens is 1. The molecular formula is C55H71ClN6O6S. The number of nitrogens with one attached hydrogen (secondary N) is 3. The predicted octanol–water partition coefficient (Wildman–Crippen LogP) is 10.3. The second-order valence-electron chi connectivity index (χ2n) is 21.4. The van der Waals surface area contributed by atoms with E-state index in [9.17, 15) is 29.5 Å². The van der Waals surface area contributed by atoms with Crippen molar-refractivity contribution in [1.29, 1.82) is 5.26 Å². The standard InChI is InChI=1S/C55H71ClN6O6S/c1-34(37-23-25-38(26-24-37)46-35(2)58-33-69-46)59-49(66)44-29-41(63)32-62(44)50(67)47(53(3,4)5)60-45(64)18-16-14-12-10-11-13-15-17-36-19-21-39(22-20-36)48(65)61-51-54(6,7)52(55(51,8)9)68-42-28-27-40(31-57)43(56)30-42/h19-28,30,33-34,41,44,47,51-52,63H,10-18,29,32H2,1-9H3,(H,59,66)(H,60,64)(H,61,65)/t34?,41-,44+,47-,51-,52-/m1/s1. The van der Waals surface area contributed by atoms with E-state index in [-0.39, 0.29) is 65.6 Å². The summed E-state index contributed by atoms with van der Waals surface area (Å²) in [6, 6.07) is 20.8. The Bertz CT molecular complexity index is 2460. The smallest absolute Gasteiger partial charge is 0.251 e. The fourth-order valence-corrected chi connectivity index (χ4v) is 11.4. The Labute approximate surface area is 418 Å². The van der Waals surface area contributed by atoms with Gasteiger partial charge >= 0.3 is 0 Å². The zero-order valence-electron chi connectivity index (χ0n) is 41.8. The normalized spacial score (nSPS) is 20.2. The third kappa shape index (κ3) is 12.9. The molecule has 6 rings (SSSR count). The van der Waals surface area contributed by atoms with E-state index in [4.69, 9.17) is 16.3 Å². The number of aromatic nitrogens is 1. The number of carbonyl (C=O) groups excluding carboxylic acids is 4. The number of hydrogen-bond acceptors (Lipinski definition) is 9. The summed E-state index contributed by atoms with van der Waals surface area (Å²) in [5.74, 6) is -0.411. The molecule has 4 N–H and O–H groups in total. The van der Waals surface area contributed by atoms with Gasteiger partial charge in [-0.2, -0.15) is 5.26 Å². The monoisotopic (exact) mass is 978 g/mol. The maximum absolute atomic E-state index is 14.1. The van der Waals surface area contributed by atoms with Crippen molar-refractivity contribution < 1.29 is 29.0 Å². The highest BCUT2D eigenvalue weighted by atomic mass is 35.5. The third-order valence-corrected chi connectivity index (χ3v) is 15.4. The molecule has 14 heteroatoms. The van der Waals surface area contributed by atoms with Gasteiger partial charge in [-0.25, -0.2) is 4.98 Å². The summed E-state index contributed by atoms with van der Waals surface area (Å²) in [6.45, 7) is 18.0. The van der Waals surface area contributed by atoms with Crippen LogP contribution in [0, 0.1) is 34.5 Å². The Hall–Kier alpha value is -5.29. The van der Waals surface area contributed by atoms with Gasteiger partial charge in [0.15, 0.2) is 0 Å². The number of aryl methyl sites for hydroxylation is 2. The molecule has 2 heterocycles. The summed E-state index contributed by atoms with van der Waals surface area (Å²) < 4.78 is 6.37. The number of aliphatic hydroxyl groups excluding tert-OH is 1. The molecule has 1 saturated heterocycles. The molecule has 4 aromatic rings. The number of nitrogens with zero attached hydrogens (tertiary/aromatic N) is 3. The number of unbranched alkanes of at least 4 members (excludes halogenated alkanes) is 6. The number of nitriles is 1. The van der Waals surface area contributed by atoms with Crippen molar-refractivity contribution in [1.82, 2.24) is 25.8 Å². The number of amides is 4. The third-order valence-electron chi connectivity index (χ3n) is 14.1. The summed E-state index contributed by atoms with van der Waals surface area (Å²) in [6.07, 6.45) is 7.28. The SMILES string of the molecule is Cc1ncsc1-c1ccc(C(C)NC(=O)[C@@H]2C[C@@H](O)CN2C(=O)[C@@H](NC(=O)CCCCCCCCCc2ccc(C(=O)N[C@H]3C(C)(C)[C@H](Oc4ccc(C#N)c(Cl)c4)C3(C)C)cc2)C(C)(C)C)cc1. The largest absolute Gasteiger partial charge is 0.489 e. The molecule has 4 amide bonds. The molecule has 3 aromatic carbocycles. The van der Waals surface area contributed by atoms with E-state index < -0.39 is 23.6 Å². The lowest BCUT2D eigenvalue weighted by molar-refractivity contribution is -0.164. The first-order valence-corrected chi connectivity index (χ1v) is 25.7. The van der Waals surface area contributed by atoms with Crippen LogP contribution in [-0.4, -0.2) is 75.5 Å². The lowest BCUT2D eigenvalue weighted by Crippen LogP contribution is -2.74. The van der Waals surface area contributed by atoms with Gasteiger partial charge in [0.05, 0.1) is 38.8 Å². The van der Waals surface area contributed by atoms with E-state index in [0.29, 0.717) is 34.7 Å². The first-order chi connectivity index (χ1) is 32.6. The Kier molecular flexibility index (Phi) is 17.4. The van der Waals surface area contributed by atoms with Crippen LogP contribution in [0.15, 0.2) is 72.2 Å². The Morgan fingerprint density at radius 2 is 1.57 bits per heavy atom. The molecule has 0 radical (unpaired) electrons. The molecule has 1 saturated carbocycles. The molecule has 0 spiro atoms. The topological polar surface area (TPSA) is 174 Å². The molecule has 1 unspecified atom stereocenters. The summed E-state index contributed by atoms with van der Waals surface area (Å²) in [7, 11) is 0. The number of aliphatic hydroxyl groups is 1. The van der Waals surface area contributed by atoms with E-state index in [1.165, 1.54) is 10.5 Å². The van der Waals surface area contributed by atoms with Crippen LogP contribution in [0.3, 0.4) is 0 Å². The highest BCUT2D eigenvalue weighted by Gasteiger charge is 2.64. The lowest BCUT2D eigenvalue weighted by atomic mass is 9.49. The van der Waals surface area contributed by atoms with Crippen molar-refractivity contribution in [3.8, 4) is 22.3 Å². The number of rotatable bonds is 20. The molecule has 0 bridgehead atoms. The number of thiazole rings is 1. The minimum Gasteiger partial charge on any atom is -0.489 e. The van der Waals surface area contributed by atoms with Gasteiger partial charge in [0.25, 0.3) is 5.91 Å². The second kappa shape index (κ2) is 22.6. The highest BCUT2D eigenvalue weighted by molar-refractivity contribution is 7.13. The maximum Gasteiger partial charge on any atom is 0.251 e. The first-order valence-electron chi connectivity index (χ1n) is 24.5.